The zero-order valence-corrected chi connectivity index (χ0v) is 22.3. The summed E-state index contributed by atoms with van der Waals surface area (Å²) in [6.07, 6.45) is 2.28. The summed E-state index contributed by atoms with van der Waals surface area (Å²) in [6, 6.07) is 5.12. The molecule has 0 aromatic heterocycles. The topological polar surface area (TPSA) is 91.4 Å². The Morgan fingerprint density at radius 3 is 2.57 bits per heavy atom. The van der Waals surface area contributed by atoms with E-state index < -0.39 is 16.1 Å². The highest BCUT2D eigenvalue weighted by molar-refractivity contribution is 7.89. The third-order valence-electron chi connectivity index (χ3n) is 6.97. The first-order valence-electron chi connectivity index (χ1n) is 12.1. The van der Waals surface area contributed by atoms with Gasteiger partial charge in [-0.3, -0.25) is 9.69 Å². The first-order valence-corrected chi connectivity index (χ1v) is 14.3. The van der Waals surface area contributed by atoms with E-state index in [9.17, 15) is 13.2 Å². The molecule has 2 unspecified atom stereocenters. The highest BCUT2D eigenvalue weighted by atomic mass is 35.5. The van der Waals surface area contributed by atoms with Gasteiger partial charge in [-0.1, -0.05) is 29.3 Å². The first kappa shape index (κ1) is 27.1. The van der Waals surface area contributed by atoms with E-state index in [1.54, 1.807) is 6.07 Å². The van der Waals surface area contributed by atoms with Gasteiger partial charge in [-0.2, -0.15) is 4.31 Å². The van der Waals surface area contributed by atoms with E-state index >= 15 is 0 Å². The van der Waals surface area contributed by atoms with Crippen LogP contribution in [0.1, 0.15) is 19.8 Å². The number of hydrogen-bond acceptors (Lipinski definition) is 7. The molecular weight excluding hydrogens is 515 g/mol. The maximum absolute atomic E-state index is 13.3. The molecule has 9 nitrogen and oxygen atoms in total. The van der Waals surface area contributed by atoms with Crippen LogP contribution in [0.5, 0.6) is 0 Å². The molecule has 3 atom stereocenters. The average Bonchev–Trinajstić information content (AvgIpc) is 2.84. The quantitative estimate of drug-likeness (QED) is 0.554. The van der Waals surface area contributed by atoms with Crippen molar-refractivity contribution < 1.29 is 22.7 Å². The largest absolute Gasteiger partial charge is 0.378 e. The number of sulfonamides is 1. The van der Waals surface area contributed by atoms with Crippen LogP contribution in [0.2, 0.25) is 10.0 Å². The number of amides is 1. The second-order valence-electron chi connectivity index (χ2n) is 9.36. The van der Waals surface area contributed by atoms with Crippen molar-refractivity contribution in [3.8, 4) is 0 Å². The van der Waals surface area contributed by atoms with Gasteiger partial charge in [0.15, 0.2) is 0 Å². The SMILES string of the molecule is CC1CC(N2CCN(C(=O)COC[C@@H]3COCCN3S(=O)(=O)c3c(Cl)cccc3Cl)CC2)CCN1. The normalized spacial score (nSPS) is 27.2. The molecule has 0 bridgehead atoms. The van der Waals surface area contributed by atoms with Crippen molar-refractivity contribution in [1.29, 1.82) is 0 Å². The van der Waals surface area contributed by atoms with Crippen molar-refractivity contribution in [3.05, 3.63) is 28.2 Å². The molecule has 1 N–H and O–H groups in total. The van der Waals surface area contributed by atoms with Crippen LogP contribution in [0, 0.1) is 0 Å². The van der Waals surface area contributed by atoms with Gasteiger partial charge in [-0.05, 0) is 38.4 Å². The summed E-state index contributed by atoms with van der Waals surface area (Å²) in [5.41, 5.74) is 0. The van der Waals surface area contributed by atoms with Crippen molar-refractivity contribution in [2.24, 2.45) is 0 Å². The molecule has 3 fully saturated rings. The van der Waals surface area contributed by atoms with Crippen LogP contribution in [0.25, 0.3) is 0 Å². The van der Waals surface area contributed by atoms with E-state index in [1.165, 1.54) is 16.4 Å². The molecular formula is C23H34Cl2N4O5S. The van der Waals surface area contributed by atoms with Crippen molar-refractivity contribution in [1.82, 2.24) is 19.4 Å². The number of ether oxygens (including phenoxy) is 2. The van der Waals surface area contributed by atoms with Gasteiger partial charge in [0.1, 0.15) is 11.5 Å². The third kappa shape index (κ3) is 6.48. The number of halogens is 2. The molecule has 35 heavy (non-hydrogen) atoms. The number of benzene rings is 1. The Kier molecular flexibility index (Phi) is 9.31. The molecule has 3 aliphatic rings. The smallest absolute Gasteiger partial charge is 0.248 e. The fourth-order valence-corrected chi connectivity index (χ4v) is 7.76. The lowest BCUT2D eigenvalue weighted by Gasteiger charge is -2.42. The molecule has 1 aromatic carbocycles. The Morgan fingerprint density at radius 1 is 1.17 bits per heavy atom. The molecule has 0 spiro atoms. The van der Waals surface area contributed by atoms with E-state index in [-0.39, 0.29) is 53.8 Å². The summed E-state index contributed by atoms with van der Waals surface area (Å²) in [7, 11) is -3.96. The Bertz CT molecular complexity index is 970. The summed E-state index contributed by atoms with van der Waals surface area (Å²) in [6.45, 7) is 6.88. The first-order chi connectivity index (χ1) is 16.8. The number of hydrogen-bond donors (Lipinski definition) is 1. The van der Waals surface area contributed by atoms with Gasteiger partial charge in [0.05, 0.1) is 35.9 Å². The van der Waals surface area contributed by atoms with E-state index in [0.29, 0.717) is 25.2 Å². The predicted molar refractivity (Wildman–Crippen MR) is 134 cm³/mol. The molecule has 3 saturated heterocycles. The van der Waals surface area contributed by atoms with Gasteiger partial charge < -0.3 is 19.7 Å². The Balaban J connectivity index is 1.28. The van der Waals surface area contributed by atoms with Crippen LogP contribution < -0.4 is 5.32 Å². The summed E-state index contributed by atoms with van der Waals surface area (Å²) in [5, 5.41) is 3.62. The molecule has 3 heterocycles. The number of piperazine rings is 1. The van der Waals surface area contributed by atoms with Crippen LogP contribution in [0.3, 0.4) is 0 Å². The highest BCUT2D eigenvalue weighted by Gasteiger charge is 2.37. The number of morpholine rings is 1. The zero-order chi connectivity index (χ0) is 25.0. The Hall–Kier alpha value is -0.980. The predicted octanol–water partition coefficient (Wildman–Crippen LogP) is 1.68. The number of piperidine rings is 1. The lowest BCUT2D eigenvalue weighted by Crippen LogP contribution is -2.55. The van der Waals surface area contributed by atoms with E-state index in [2.05, 4.69) is 17.1 Å². The number of nitrogens with one attached hydrogen (secondary N) is 1. The van der Waals surface area contributed by atoms with Gasteiger partial charge >= 0.3 is 0 Å². The number of carbonyl (C=O) groups excluding carboxylic acids is 1. The molecule has 0 radical (unpaired) electrons. The van der Waals surface area contributed by atoms with Crippen LogP contribution in [-0.2, 0) is 24.3 Å². The Labute approximate surface area is 217 Å². The van der Waals surface area contributed by atoms with Crippen LogP contribution in [0.4, 0.5) is 0 Å². The minimum absolute atomic E-state index is 0.0416. The minimum Gasteiger partial charge on any atom is -0.378 e. The summed E-state index contributed by atoms with van der Waals surface area (Å²) in [4.78, 5) is 16.9. The summed E-state index contributed by atoms with van der Waals surface area (Å²) >= 11 is 12.3. The number of carbonyl (C=O) groups is 1. The molecule has 12 heteroatoms. The van der Waals surface area contributed by atoms with Gasteiger partial charge in [0.25, 0.3) is 0 Å². The number of rotatable bonds is 7. The Morgan fingerprint density at radius 2 is 1.89 bits per heavy atom. The van der Waals surface area contributed by atoms with Crippen molar-refractivity contribution >= 4 is 39.1 Å². The summed E-state index contributed by atoms with van der Waals surface area (Å²) in [5.74, 6) is -0.0800. The summed E-state index contributed by atoms with van der Waals surface area (Å²) < 4.78 is 39.2. The maximum Gasteiger partial charge on any atom is 0.248 e. The molecule has 4 rings (SSSR count). The molecule has 1 amide bonds. The monoisotopic (exact) mass is 548 g/mol. The molecule has 0 aliphatic carbocycles. The standard InChI is InChI=1S/C23H34Cl2N4O5S/c1-17-13-18(5-6-26-17)27-7-9-28(10-8-27)22(30)16-34-15-19-14-33-12-11-29(19)35(31,32)23-20(24)3-2-4-21(23)25/h2-4,17-19,26H,5-16H2,1H3/t17?,18?,19-/m0/s1. The lowest BCUT2D eigenvalue weighted by atomic mass is 9.98. The van der Waals surface area contributed by atoms with Crippen molar-refractivity contribution in [3.63, 3.8) is 0 Å². The molecule has 196 valence electrons. The highest BCUT2D eigenvalue weighted by Crippen LogP contribution is 2.33. The number of nitrogens with zero attached hydrogens (tertiary/aromatic N) is 3. The van der Waals surface area contributed by atoms with E-state index in [0.717, 1.165) is 32.5 Å². The average molecular weight is 550 g/mol. The van der Waals surface area contributed by atoms with Crippen LogP contribution >= 0.6 is 23.2 Å². The van der Waals surface area contributed by atoms with Gasteiger partial charge in [0, 0.05) is 44.8 Å². The fourth-order valence-electron chi connectivity index (χ4n) is 5.08. The fraction of sp³-hybridized carbons (Fsp3) is 0.696. The van der Waals surface area contributed by atoms with E-state index in [4.69, 9.17) is 32.7 Å². The van der Waals surface area contributed by atoms with Crippen LogP contribution in [0.15, 0.2) is 23.1 Å². The van der Waals surface area contributed by atoms with Crippen LogP contribution in [-0.4, -0.2) is 112 Å². The molecule has 1 aromatic rings. The molecule has 3 aliphatic heterocycles. The third-order valence-corrected chi connectivity index (χ3v) is 9.88. The zero-order valence-electron chi connectivity index (χ0n) is 20.0. The maximum atomic E-state index is 13.3. The lowest BCUT2D eigenvalue weighted by molar-refractivity contribution is -0.139. The van der Waals surface area contributed by atoms with Crippen molar-refractivity contribution in [2.45, 2.75) is 42.8 Å². The van der Waals surface area contributed by atoms with Gasteiger partial charge in [0.2, 0.25) is 15.9 Å². The second kappa shape index (κ2) is 12.0. The minimum atomic E-state index is -3.96. The molecule has 0 saturated carbocycles. The van der Waals surface area contributed by atoms with Crippen molar-refractivity contribution in [2.75, 3.05) is 65.7 Å². The van der Waals surface area contributed by atoms with E-state index in [1.807, 2.05) is 4.90 Å². The van der Waals surface area contributed by atoms with Gasteiger partial charge in [-0.25, -0.2) is 8.42 Å². The second-order valence-corrected chi connectivity index (χ2v) is 12.0. The van der Waals surface area contributed by atoms with Gasteiger partial charge in [-0.15, -0.1) is 0 Å².